The first-order chi connectivity index (χ1) is 18.5. The van der Waals surface area contributed by atoms with E-state index in [0.29, 0.717) is 16.1 Å². The van der Waals surface area contributed by atoms with E-state index in [9.17, 15) is 27.8 Å². The van der Waals surface area contributed by atoms with Gasteiger partial charge in [0.05, 0.1) is 11.3 Å². The van der Waals surface area contributed by atoms with Gasteiger partial charge in [0, 0.05) is 37.1 Å². The number of nitrogens with zero attached hydrogens (tertiary/aromatic N) is 5. The highest BCUT2D eigenvalue weighted by atomic mass is 35.5. The Morgan fingerprint density at radius 1 is 1.18 bits per heavy atom. The van der Waals surface area contributed by atoms with Gasteiger partial charge in [-0.15, -0.1) is 0 Å². The minimum atomic E-state index is -4.47. The van der Waals surface area contributed by atoms with Crippen molar-refractivity contribution in [2.75, 3.05) is 12.4 Å². The number of aromatic nitrogens is 5. The predicted molar refractivity (Wildman–Crippen MR) is 140 cm³/mol. The molecule has 0 saturated carbocycles. The lowest BCUT2D eigenvalue weighted by molar-refractivity contribution is -0.123. The lowest BCUT2D eigenvalue weighted by Crippen LogP contribution is -2.43. The largest absolute Gasteiger partial charge is 0.388 e. The average molecular weight is 576 g/mol. The number of rotatable bonds is 6. The maximum Gasteiger partial charge on any atom is 0.240 e. The molecule has 0 radical (unpaired) electrons. The van der Waals surface area contributed by atoms with Gasteiger partial charge < -0.3 is 20.8 Å². The summed E-state index contributed by atoms with van der Waals surface area (Å²) in [4.78, 5) is 29.6. The summed E-state index contributed by atoms with van der Waals surface area (Å²) in [6.07, 6.45) is 0.235. The Hall–Kier alpha value is -3.72. The number of aliphatic hydroxyl groups excluding tert-OH is 2. The molecule has 1 aliphatic heterocycles. The second kappa shape index (κ2) is 10.1. The number of sulfone groups is 1. The van der Waals surface area contributed by atoms with Gasteiger partial charge in [0.15, 0.2) is 43.3 Å². The number of amides is 1. The van der Waals surface area contributed by atoms with Gasteiger partial charge in [-0.25, -0.2) is 27.8 Å². The van der Waals surface area contributed by atoms with E-state index in [4.69, 9.17) is 11.6 Å². The van der Waals surface area contributed by atoms with Crippen LogP contribution in [-0.4, -0.2) is 73.5 Å². The minimum Gasteiger partial charge on any atom is -0.388 e. The standard InChI is InChI=1S/C24H23ClFN7O5S/c1-11-3-4-15(26)12(5-11)8-29-21-16-22(32-20(31-21)13-6-14(25)9-28-7-13)33(10-30-16)24-18(35)17(34)19(23(36)27-2)39(24,37)38/h3-7,9-10,17-19,24,34-35H,8H2,1-2H3,(H,27,36)(H,29,31,32)/t17-,18+,19-,24+/m0/s1. The molecule has 3 aromatic heterocycles. The Labute approximate surface area is 226 Å². The first kappa shape index (κ1) is 26.9. The predicted octanol–water partition coefficient (Wildman–Crippen LogP) is 1.36. The van der Waals surface area contributed by atoms with E-state index in [1.165, 1.54) is 25.5 Å². The van der Waals surface area contributed by atoms with Gasteiger partial charge in [-0.2, -0.15) is 0 Å². The Kier molecular flexibility index (Phi) is 6.97. The number of aliphatic hydroxyl groups is 2. The number of nitrogens with one attached hydrogen (secondary N) is 2. The Morgan fingerprint density at radius 3 is 2.67 bits per heavy atom. The number of anilines is 1. The number of hydrogen-bond donors (Lipinski definition) is 4. The van der Waals surface area contributed by atoms with Crippen molar-refractivity contribution in [1.29, 1.82) is 0 Å². The normalized spacial score (nSPS) is 22.2. The second-order valence-electron chi connectivity index (χ2n) is 9.06. The summed E-state index contributed by atoms with van der Waals surface area (Å²) in [5, 5.41) is 23.1. The maximum absolute atomic E-state index is 14.4. The van der Waals surface area contributed by atoms with Crippen LogP contribution in [0.5, 0.6) is 0 Å². The highest BCUT2D eigenvalue weighted by Gasteiger charge is 2.58. The van der Waals surface area contributed by atoms with E-state index < -0.39 is 44.4 Å². The summed E-state index contributed by atoms with van der Waals surface area (Å²) in [5.41, 5.74) is 1.69. The average Bonchev–Trinajstić information content (AvgIpc) is 3.38. The number of halogens is 2. The molecule has 1 aromatic carbocycles. The van der Waals surface area contributed by atoms with Crippen LogP contribution in [0.25, 0.3) is 22.6 Å². The molecular weight excluding hydrogens is 553 g/mol. The summed E-state index contributed by atoms with van der Waals surface area (Å²) in [7, 11) is -3.24. The first-order valence-electron chi connectivity index (χ1n) is 11.7. The fraction of sp³-hybridized carbons (Fsp3) is 0.292. The van der Waals surface area contributed by atoms with E-state index >= 15 is 0 Å². The first-order valence-corrected chi connectivity index (χ1v) is 13.7. The lowest BCUT2D eigenvalue weighted by atomic mass is 10.1. The van der Waals surface area contributed by atoms with Crippen LogP contribution in [-0.2, 0) is 21.2 Å². The molecule has 0 unspecified atom stereocenters. The number of benzene rings is 1. The maximum atomic E-state index is 14.4. The quantitative estimate of drug-likeness (QED) is 0.263. The molecule has 4 aromatic rings. The zero-order chi connectivity index (χ0) is 28.1. The third-order valence-electron chi connectivity index (χ3n) is 6.45. The van der Waals surface area contributed by atoms with E-state index in [1.54, 1.807) is 18.2 Å². The monoisotopic (exact) mass is 575 g/mol. The summed E-state index contributed by atoms with van der Waals surface area (Å²) < 4.78 is 42.2. The molecule has 1 saturated heterocycles. The molecule has 0 bridgehead atoms. The van der Waals surface area contributed by atoms with Crippen LogP contribution in [0.3, 0.4) is 0 Å². The number of fused-ring (bicyclic) bond motifs is 1. The topological polar surface area (TPSA) is 172 Å². The van der Waals surface area contributed by atoms with Crippen LogP contribution < -0.4 is 10.6 Å². The van der Waals surface area contributed by atoms with Gasteiger partial charge in [-0.05, 0) is 19.1 Å². The molecule has 1 amide bonds. The molecule has 5 rings (SSSR count). The zero-order valence-corrected chi connectivity index (χ0v) is 22.1. The molecule has 0 spiro atoms. The van der Waals surface area contributed by atoms with Crippen LogP contribution in [0.4, 0.5) is 10.2 Å². The van der Waals surface area contributed by atoms with Crippen LogP contribution >= 0.6 is 11.6 Å². The SMILES string of the molecule is CNC(=O)[C@@H]1[C@@H](O)[C@@H](O)[C@H](n2cnc3c(NCc4cc(C)ccc4F)nc(-c4cncc(Cl)c4)nc32)S1(=O)=O. The van der Waals surface area contributed by atoms with Crippen LogP contribution in [0.1, 0.15) is 16.5 Å². The van der Waals surface area contributed by atoms with Gasteiger partial charge in [-0.1, -0.05) is 29.3 Å². The summed E-state index contributed by atoms with van der Waals surface area (Å²) in [6.45, 7) is 1.84. The third kappa shape index (κ3) is 4.69. The van der Waals surface area contributed by atoms with Gasteiger partial charge in [0.25, 0.3) is 0 Å². The van der Waals surface area contributed by atoms with E-state index in [2.05, 4.69) is 30.6 Å². The van der Waals surface area contributed by atoms with Gasteiger partial charge in [-0.3, -0.25) is 14.3 Å². The van der Waals surface area contributed by atoms with Crippen LogP contribution in [0, 0.1) is 12.7 Å². The van der Waals surface area contributed by atoms with Crippen LogP contribution in [0.2, 0.25) is 5.02 Å². The van der Waals surface area contributed by atoms with Crippen molar-refractivity contribution in [3.05, 3.63) is 65.0 Å². The number of pyridine rings is 1. The van der Waals surface area contributed by atoms with Crippen molar-refractivity contribution in [2.45, 2.75) is 36.3 Å². The lowest BCUT2D eigenvalue weighted by Gasteiger charge is -2.17. The zero-order valence-electron chi connectivity index (χ0n) is 20.6. The van der Waals surface area contributed by atoms with Crippen LogP contribution in [0.15, 0.2) is 43.0 Å². The molecule has 1 aliphatic rings. The number of carbonyl (C=O) groups excluding carboxylic acids is 1. The van der Waals surface area contributed by atoms with Crippen molar-refractivity contribution >= 4 is 44.3 Å². The molecule has 15 heteroatoms. The smallest absolute Gasteiger partial charge is 0.240 e. The van der Waals surface area contributed by atoms with Gasteiger partial charge in [0.1, 0.15) is 18.0 Å². The highest BCUT2D eigenvalue weighted by Crippen LogP contribution is 2.39. The van der Waals surface area contributed by atoms with E-state index in [1.807, 2.05) is 6.92 Å². The van der Waals surface area contributed by atoms with Crippen molar-refractivity contribution in [1.82, 2.24) is 29.8 Å². The third-order valence-corrected chi connectivity index (χ3v) is 9.04. The molecule has 12 nitrogen and oxygen atoms in total. The molecule has 4 N–H and O–H groups in total. The Bertz CT molecular complexity index is 1700. The Balaban J connectivity index is 1.66. The number of aryl methyl sites for hydroxylation is 1. The molecule has 204 valence electrons. The number of imidazole rings is 1. The molecule has 1 fully saturated rings. The van der Waals surface area contributed by atoms with Crippen molar-refractivity contribution in [2.24, 2.45) is 0 Å². The fourth-order valence-corrected chi connectivity index (χ4v) is 7.02. The minimum absolute atomic E-state index is 0.0154. The summed E-state index contributed by atoms with van der Waals surface area (Å²) >= 11 is 6.10. The van der Waals surface area contributed by atoms with Crippen molar-refractivity contribution < 1.29 is 27.8 Å². The summed E-state index contributed by atoms with van der Waals surface area (Å²) in [5.74, 6) is -1.17. The molecule has 4 heterocycles. The van der Waals surface area contributed by atoms with E-state index in [-0.39, 0.29) is 29.4 Å². The summed E-state index contributed by atoms with van der Waals surface area (Å²) in [6, 6.07) is 6.21. The highest BCUT2D eigenvalue weighted by molar-refractivity contribution is 7.93. The van der Waals surface area contributed by atoms with Gasteiger partial charge in [0.2, 0.25) is 5.91 Å². The van der Waals surface area contributed by atoms with Crippen molar-refractivity contribution in [3.63, 3.8) is 0 Å². The Morgan fingerprint density at radius 2 is 1.95 bits per heavy atom. The van der Waals surface area contributed by atoms with E-state index in [0.717, 1.165) is 16.5 Å². The molecular formula is C24H23ClFN7O5S. The number of carbonyl (C=O) groups is 1. The number of hydrogen-bond acceptors (Lipinski definition) is 10. The molecule has 4 atom stereocenters. The second-order valence-corrected chi connectivity index (χ2v) is 11.7. The van der Waals surface area contributed by atoms with Gasteiger partial charge >= 0.3 is 0 Å². The molecule has 39 heavy (non-hydrogen) atoms. The molecule has 0 aliphatic carbocycles. The van der Waals surface area contributed by atoms with Crippen molar-refractivity contribution in [3.8, 4) is 11.4 Å². The fourth-order valence-electron chi connectivity index (χ4n) is 4.56.